The van der Waals surface area contributed by atoms with Crippen LogP contribution in [-0.4, -0.2) is 82.6 Å². The third-order valence-corrected chi connectivity index (χ3v) is 9.74. The number of pyridine rings is 2. The summed E-state index contributed by atoms with van der Waals surface area (Å²) >= 11 is 7.04. The summed E-state index contributed by atoms with van der Waals surface area (Å²) in [6.45, 7) is 5.47. The molecule has 250 valence electrons. The minimum atomic E-state index is -0.301. The smallest absolute Gasteiger partial charge is 0.274 e. The van der Waals surface area contributed by atoms with Crippen LogP contribution in [0.5, 0.6) is 5.75 Å². The van der Waals surface area contributed by atoms with E-state index in [1.807, 2.05) is 67.4 Å². The molecule has 0 spiro atoms. The molecule has 3 N–H and O–H groups in total. The Balaban J connectivity index is 1.16. The Morgan fingerprint density at radius 1 is 1.10 bits per heavy atom. The molecular weight excluding hydrogens is 628 g/mol. The number of anilines is 1. The number of benzene rings is 2. The Kier molecular flexibility index (Phi) is 10.4. The first-order chi connectivity index (χ1) is 23.2. The van der Waals surface area contributed by atoms with E-state index in [1.54, 1.807) is 25.6 Å². The van der Waals surface area contributed by atoms with Crippen LogP contribution in [0, 0.1) is 6.92 Å². The van der Waals surface area contributed by atoms with E-state index in [0.29, 0.717) is 48.2 Å². The van der Waals surface area contributed by atoms with E-state index in [2.05, 4.69) is 25.5 Å². The Hall–Kier alpha value is -4.35. The Labute approximate surface area is 286 Å². The molecular formula is C37H41ClN6O4. The highest BCUT2D eigenvalue weighted by Crippen LogP contribution is 2.39. The fourth-order valence-corrected chi connectivity index (χ4v) is 6.81. The summed E-state index contributed by atoms with van der Waals surface area (Å²) in [5.41, 5.74) is 6.96. The Morgan fingerprint density at radius 3 is 2.67 bits per heavy atom. The largest absolute Gasteiger partial charge is 0.496 e. The second-order valence-corrected chi connectivity index (χ2v) is 12.9. The number of nitrogens with zero attached hydrogens (tertiary/aromatic N) is 4. The average Bonchev–Trinajstić information content (AvgIpc) is 3.65. The first-order valence-electron chi connectivity index (χ1n) is 16.3. The molecule has 2 aromatic heterocycles. The normalized spacial score (nSPS) is 18.0. The molecule has 2 aliphatic rings. The van der Waals surface area contributed by atoms with Crippen molar-refractivity contribution in [3.8, 4) is 28.1 Å². The number of rotatable bonds is 11. The lowest BCUT2D eigenvalue weighted by Gasteiger charge is -2.20. The third kappa shape index (κ3) is 7.37. The van der Waals surface area contributed by atoms with E-state index in [0.717, 1.165) is 65.1 Å². The van der Waals surface area contributed by atoms with Gasteiger partial charge >= 0.3 is 0 Å². The maximum Gasteiger partial charge on any atom is 0.274 e. The summed E-state index contributed by atoms with van der Waals surface area (Å²) in [7, 11) is 3.50. The topological polar surface area (TPSA) is 120 Å². The quantitative estimate of drug-likeness (QED) is 0.197. The van der Waals surface area contributed by atoms with Crippen LogP contribution in [0.1, 0.15) is 46.4 Å². The van der Waals surface area contributed by atoms with E-state index in [1.165, 1.54) is 0 Å². The molecule has 10 nitrogen and oxygen atoms in total. The molecule has 6 rings (SSSR count). The number of aliphatic hydroxyl groups excluding tert-OH is 1. The SMILES string of the molecule is COc1cc(-c2nccc(-c3cccc(NC(=O)c4ccc(CN5CC[C@H](O)C5)cn4)c3C)c2Cl)ccc1CNC[C@@H]1CCC(=O)N1C. The number of methoxy groups -OCH3 is 1. The summed E-state index contributed by atoms with van der Waals surface area (Å²) < 4.78 is 5.74. The fraction of sp³-hybridized carbons (Fsp3) is 0.351. The number of hydrogen-bond donors (Lipinski definition) is 3. The maximum absolute atomic E-state index is 13.2. The standard InChI is InChI=1S/C37H41ClN6O4/c1-23-29(5-4-6-31(23)42-37(47)32-11-7-24(18-41-32)21-44-16-14-28(45)22-44)30-13-15-40-36(35(30)38)25-8-9-26(33(17-25)48-3)19-39-20-27-10-12-34(46)43(27)2/h4-9,11,13,15,17-18,27-28,39,45H,10,12,14,16,19-22H2,1-3H3,(H,42,47)/t27-,28-/m0/s1. The van der Waals surface area contributed by atoms with Crippen LogP contribution in [-0.2, 0) is 17.9 Å². The summed E-state index contributed by atoms with van der Waals surface area (Å²) in [5, 5.41) is 16.8. The third-order valence-electron chi connectivity index (χ3n) is 9.36. The van der Waals surface area contributed by atoms with Gasteiger partial charge in [0.1, 0.15) is 11.4 Å². The van der Waals surface area contributed by atoms with Crippen molar-refractivity contribution in [2.45, 2.75) is 51.4 Å². The number of halogens is 1. The maximum atomic E-state index is 13.2. The molecule has 0 bridgehead atoms. The molecule has 2 atom stereocenters. The number of β-amino-alcohol motifs (C(OH)–C–C–N with tert-alkyl or cyclic N) is 1. The summed E-state index contributed by atoms with van der Waals surface area (Å²) in [6.07, 6.45) is 5.43. The van der Waals surface area contributed by atoms with Crippen molar-refractivity contribution in [1.29, 1.82) is 0 Å². The lowest BCUT2D eigenvalue weighted by molar-refractivity contribution is -0.127. The molecule has 0 radical (unpaired) electrons. The van der Waals surface area contributed by atoms with Crippen LogP contribution in [0.15, 0.2) is 67.0 Å². The summed E-state index contributed by atoms with van der Waals surface area (Å²) in [5.74, 6) is 0.610. The molecule has 2 aliphatic heterocycles. The summed E-state index contributed by atoms with van der Waals surface area (Å²) in [6, 6.07) is 17.4. The van der Waals surface area contributed by atoms with Crippen molar-refractivity contribution in [2.24, 2.45) is 0 Å². The zero-order chi connectivity index (χ0) is 33.8. The second-order valence-electron chi connectivity index (χ2n) is 12.5. The minimum Gasteiger partial charge on any atom is -0.496 e. The highest BCUT2D eigenvalue weighted by molar-refractivity contribution is 6.35. The van der Waals surface area contributed by atoms with Gasteiger partial charge in [0.25, 0.3) is 5.91 Å². The molecule has 4 heterocycles. The van der Waals surface area contributed by atoms with Gasteiger partial charge in [0.2, 0.25) is 5.91 Å². The Morgan fingerprint density at radius 2 is 1.96 bits per heavy atom. The van der Waals surface area contributed by atoms with E-state index < -0.39 is 0 Å². The summed E-state index contributed by atoms with van der Waals surface area (Å²) in [4.78, 5) is 38.1. The van der Waals surface area contributed by atoms with Crippen molar-refractivity contribution < 1.29 is 19.4 Å². The lowest BCUT2D eigenvalue weighted by atomic mass is 9.97. The predicted octanol–water partition coefficient (Wildman–Crippen LogP) is 5.31. The molecule has 0 aliphatic carbocycles. The van der Waals surface area contributed by atoms with Crippen LogP contribution in [0.2, 0.25) is 5.02 Å². The number of likely N-dealkylation sites (tertiary alicyclic amines) is 2. The van der Waals surface area contributed by atoms with Gasteiger partial charge in [0.15, 0.2) is 0 Å². The molecule has 0 unspecified atom stereocenters. The molecule has 11 heteroatoms. The van der Waals surface area contributed by atoms with Crippen molar-refractivity contribution in [1.82, 2.24) is 25.1 Å². The number of amides is 2. The number of carbonyl (C=O) groups excluding carboxylic acids is 2. The number of ether oxygens (including phenoxy) is 1. The van der Waals surface area contributed by atoms with Crippen LogP contribution >= 0.6 is 11.6 Å². The fourth-order valence-electron chi connectivity index (χ4n) is 6.48. The number of carbonyl (C=O) groups is 2. The van der Waals surface area contributed by atoms with Crippen LogP contribution in [0.3, 0.4) is 0 Å². The highest BCUT2D eigenvalue weighted by Gasteiger charge is 2.27. The van der Waals surface area contributed by atoms with Gasteiger partial charge in [-0.05, 0) is 60.7 Å². The molecule has 0 saturated carbocycles. The van der Waals surface area contributed by atoms with Gasteiger partial charge in [-0.25, -0.2) is 0 Å². The van der Waals surface area contributed by atoms with Gasteiger partial charge in [0.05, 0.1) is 23.9 Å². The molecule has 4 aromatic rings. The van der Waals surface area contributed by atoms with Crippen molar-refractivity contribution in [3.63, 3.8) is 0 Å². The van der Waals surface area contributed by atoms with Crippen LogP contribution in [0.25, 0.3) is 22.4 Å². The predicted molar refractivity (Wildman–Crippen MR) is 187 cm³/mol. The van der Waals surface area contributed by atoms with E-state index in [-0.39, 0.29) is 24.0 Å². The van der Waals surface area contributed by atoms with Gasteiger partial charge < -0.3 is 25.4 Å². The first-order valence-corrected chi connectivity index (χ1v) is 16.6. The number of aromatic nitrogens is 2. The monoisotopic (exact) mass is 668 g/mol. The van der Waals surface area contributed by atoms with Gasteiger partial charge in [0, 0.05) is 87.0 Å². The second kappa shape index (κ2) is 14.8. The van der Waals surface area contributed by atoms with Gasteiger partial charge in [-0.3, -0.25) is 24.5 Å². The lowest BCUT2D eigenvalue weighted by Crippen LogP contribution is -2.37. The van der Waals surface area contributed by atoms with E-state index in [4.69, 9.17) is 16.3 Å². The van der Waals surface area contributed by atoms with Crippen molar-refractivity contribution in [3.05, 3.63) is 94.4 Å². The zero-order valence-corrected chi connectivity index (χ0v) is 28.3. The molecule has 2 amide bonds. The van der Waals surface area contributed by atoms with Crippen molar-refractivity contribution in [2.75, 3.05) is 39.1 Å². The van der Waals surface area contributed by atoms with Crippen molar-refractivity contribution >= 4 is 29.1 Å². The number of likely N-dealkylation sites (N-methyl/N-ethyl adjacent to an activating group) is 1. The van der Waals surface area contributed by atoms with E-state index >= 15 is 0 Å². The molecule has 48 heavy (non-hydrogen) atoms. The van der Waals surface area contributed by atoms with Gasteiger partial charge in [-0.2, -0.15) is 0 Å². The molecule has 2 aromatic carbocycles. The molecule has 2 fully saturated rings. The van der Waals surface area contributed by atoms with E-state index in [9.17, 15) is 14.7 Å². The van der Waals surface area contributed by atoms with Crippen LogP contribution < -0.4 is 15.4 Å². The van der Waals surface area contributed by atoms with Gasteiger partial charge in [-0.15, -0.1) is 0 Å². The van der Waals surface area contributed by atoms with Gasteiger partial charge in [-0.1, -0.05) is 41.9 Å². The average molecular weight is 669 g/mol. The number of hydrogen-bond acceptors (Lipinski definition) is 8. The number of aliphatic hydroxyl groups is 1. The Bertz CT molecular complexity index is 1800. The molecule has 2 saturated heterocycles. The number of nitrogens with one attached hydrogen (secondary N) is 2. The minimum absolute atomic E-state index is 0.192. The zero-order valence-electron chi connectivity index (χ0n) is 27.5. The van der Waals surface area contributed by atoms with Crippen LogP contribution in [0.4, 0.5) is 5.69 Å². The highest BCUT2D eigenvalue weighted by atomic mass is 35.5. The first kappa shape index (κ1) is 33.5.